The van der Waals surface area contributed by atoms with Crippen LogP contribution in [0.3, 0.4) is 0 Å². The molecule has 4 heteroatoms. The highest BCUT2D eigenvalue weighted by Crippen LogP contribution is 2.14. The van der Waals surface area contributed by atoms with Crippen LogP contribution in [0.25, 0.3) is 11.8 Å². The lowest BCUT2D eigenvalue weighted by molar-refractivity contribution is -0.135. The monoisotopic (exact) mass is 256 g/mol. The molecular weight excluding hydrogens is 240 g/mol. The quantitative estimate of drug-likeness (QED) is 0.915. The van der Waals surface area contributed by atoms with Crippen molar-refractivity contribution in [1.29, 1.82) is 0 Å². The van der Waals surface area contributed by atoms with Crippen LogP contribution in [0.2, 0.25) is 0 Å². The van der Waals surface area contributed by atoms with Crippen LogP contribution >= 0.6 is 0 Å². The Hall–Kier alpha value is -2.36. The van der Waals surface area contributed by atoms with E-state index in [4.69, 9.17) is 5.11 Å². The van der Waals surface area contributed by atoms with Crippen LogP contribution < -0.4 is 0 Å². The third-order valence-corrected chi connectivity index (χ3v) is 2.73. The highest BCUT2D eigenvalue weighted by Gasteiger charge is 2.03. The summed E-state index contributed by atoms with van der Waals surface area (Å²) < 4.78 is 1.88. The molecule has 0 aliphatic rings. The molecule has 1 heterocycles. The number of carboxylic acids is 1. The number of hydrogen-bond acceptors (Lipinski definition) is 2. The highest BCUT2D eigenvalue weighted by atomic mass is 16.4. The third kappa shape index (κ3) is 3.31. The molecule has 0 fully saturated rings. The lowest BCUT2D eigenvalue weighted by Crippen LogP contribution is -1.99. The molecule has 98 valence electrons. The molecule has 1 aromatic heterocycles. The van der Waals surface area contributed by atoms with Crippen LogP contribution in [0.4, 0.5) is 0 Å². The van der Waals surface area contributed by atoms with Gasteiger partial charge in [0.1, 0.15) is 0 Å². The summed E-state index contributed by atoms with van der Waals surface area (Å²) >= 11 is 0. The molecule has 0 radical (unpaired) electrons. The van der Waals surface area contributed by atoms with E-state index in [2.05, 4.69) is 5.10 Å². The molecule has 0 atom stereocenters. The van der Waals surface area contributed by atoms with E-state index in [1.807, 2.05) is 54.9 Å². The molecule has 0 spiro atoms. The van der Waals surface area contributed by atoms with E-state index >= 15 is 0 Å². The summed E-state index contributed by atoms with van der Waals surface area (Å²) in [5.74, 6) is -0.828. The van der Waals surface area contributed by atoms with E-state index in [9.17, 15) is 4.79 Å². The van der Waals surface area contributed by atoms with Gasteiger partial charge < -0.3 is 5.11 Å². The topological polar surface area (TPSA) is 55.1 Å². The summed E-state index contributed by atoms with van der Waals surface area (Å²) in [5, 5.41) is 13.0. The molecule has 0 aliphatic heterocycles. The Labute approximate surface area is 112 Å². The maximum atomic E-state index is 10.5. The van der Waals surface area contributed by atoms with Crippen molar-refractivity contribution in [2.45, 2.75) is 20.3 Å². The molecule has 0 saturated heterocycles. The van der Waals surface area contributed by atoms with Gasteiger partial charge in [0.25, 0.3) is 0 Å². The third-order valence-electron chi connectivity index (χ3n) is 2.73. The second kappa shape index (κ2) is 5.52. The molecule has 0 amide bonds. The Morgan fingerprint density at radius 1 is 1.37 bits per heavy atom. The van der Waals surface area contributed by atoms with Crippen LogP contribution in [-0.4, -0.2) is 20.9 Å². The van der Waals surface area contributed by atoms with Crippen LogP contribution in [0.1, 0.15) is 23.4 Å². The Balaban J connectivity index is 2.27. The van der Waals surface area contributed by atoms with Crippen molar-refractivity contribution >= 4 is 12.0 Å². The number of aryl methyl sites for hydroxylation is 2. The second-order valence-corrected chi connectivity index (χ2v) is 4.43. The van der Waals surface area contributed by atoms with E-state index in [0.717, 1.165) is 22.6 Å². The van der Waals surface area contributed by atoms with E-state index in [1.54, 1.807) is 6.08 Å². The predicted molar refractivity (Wildman–Crippen MR) is 74.3 cm³/mol. The largest absolute Gasteiger partial charge is 0.481 e. The molecule has 0 saturated carbocycles. The van der Waals surface area contributed by atoms with Crippen LogP contribution in [0.5, 0.6) is 0 Å². The van der Waals surface area contributed by atoms with Crippen molar-refractivity contribution in [3.8, 4) is 5.69 Å². The van der Waals surface area contributed by atoms with E-state index in [0.29, 0.717) is 0 Å². The minimum absolute atomic E-state index is 0.0319. The van der Waals surface area contributed by atoms with E-state index in [1.165, 1.54) is 0 Å². The molecular formula is C15H16N2O2. The Bertz CT molecular complexity index is 627. The van der Waals surface area contributed by atoms with Gasteiger partial charge in [0.15, 0.2) is 0 Å². The second-order valence-electron chi connectivity index (χ2n) is 4.43. The number of nitrogens with zero attached hydrogens (tertiary/aromatic N) is 2. The first kappa shape index (κ1) is 13.1. The van der Waals surface area contributed by atoms with Gasteiger partial charge in [0.05, 0.1) is 17.8 Å². The molecule has 2 aromatic rings. The van der Waals surface area contributed by atoms with Gasteiger partial charge in [0.2, 0.25) is 0 Å². The number of aromatic nitrogens is 2. The summed E-state index contributed by atoms with van der Waals surface area (Å²) in [5.41, 5.74) is 3.99. The van der Waals surface area contributed by atoms with Crippen molar-refractivity contribution in [3.05, 3.63) is 53.4 Å². The summed E-state index contributed by atoms with van der Waals surface area (Å²) in [7, 11) is 0. The standard InChI is InChI=1S/C15H16N2O2/c1-11-9-12(2)17(16-11)14-7-3-5-13(10-14)6-4-8-15(18)19/h3-7,9-10H,8H2,1-2H3,(H,18,19). The molecule has 0 aliphatic carbocycles. The van der Waals surface area contributed by atoms with Gasteiger partial charge in [-0.05, 0) is 37.6 Å². The minimum Gasteiger partial charge on any atom is -0.481 e. The van der Waals surface area contributed by atoms with Gasteiger partial charge in [-0.15, -0.1) is 0 Å². The lowest BCUT2D eigenvalue weighted by atomic mass is 10.1. The maximum absolute atomic E-state index is 10.5. The van der Waals surface area contributed by atoms with Crippen molar-refractivity contribution in [3.63, 3.8) is 0 Å². The van der Waals surface area contributed by atoms with E-state index < -0.39 is 5.97 Å². The Morgan fingerprint density at radius 2 is 2.16 bits per heavy atom. The van der Waals surface area contributed by atoms with Crippen molar-refractivity contribution in [2.24, 2.45) is 0 Å². The first-order valence-electron chi connectivity index (χ1n) is 6.08. The molecule has 1 aromatic carbocycles. The average Bonchev–Trinajstić information content (AvgIpc) is 2.68. The van der Waals surface area contributed by atoms with Crippen molar-refractivity contribution in [2.75, 3.05) is 0 Å². The van der Waals surface area contributed by atoms with Crippen LogP contribution in [0.15, 0.2) is 36.4 Å². The van der Waals surface area contributed by atoms with Crippen LogP contribution in [0, 0.1) is 13.8 Å². The predicted octanol–water partition coefficient (Wildman–Crippen LogP) is 2.98. The van der Waals surface area contributed by atoms with E-state index in [-0.39, 0.29) is 6.42 Å². The fraction of sp³-hybridized carbons (Fsp3) is 0.200. The van der Waals surface area contributed by atoms with Gasteiger partial charge in [-0.25, -0.2) is 4.68 Å². The number of rotatable bonds is 4. The van der Waals surface area contributed by atoms with Gasteiger partial charge in [-0.3, -0.25) is 4.79 Å². The number of carbonyl (C=O) groups is 1. The smallest absolute Gasteiger partial charge is 0.307 e. The number of carboxylic acid groups (broad SMARTS) is 1. The van der Waals surface area contributed by atoms with Gasteiger partial charge >= 0.3 is 5.97 Å². The molecule has 19 heavy (non-hydrogen) atoms. The Morgan fingerprint density at radius 3 is 2.79 bits per heavy atom. The number of benzene rings is 1. The number of hydrogen-bond donors (Lipinski definition) is 1. The summed E-state index contributed by atoms with van der Waals surface area (Å²) in [6.45, 7) is 3.97. The summed E-state index contributed by atoms with van der Waals surface area (Å²) in [6.07, 6.45) is 3.48. The normalized spacial score (nSPS) is 11.1. The molecule has 0 unspecified atom stereocenters. The zero-order valence-corrected chi connectivity index (χ0v) is 11.0. The maximum Gasteiger partial charge on any atom is 0.307 e. The zero-order valence-electron chi connectivity index (χ0n) is 11.0. The summed E-state index contributed by atoms with van der Waals surface area (Å²) in [6, 6.07) is 9.86. The van der Waals surface area contributed by atoms with Crippen molar-refractivity contribution in [1.82, 2.24) is 9.78 Å². The molecule has 1 N–H and O–H groups in total. The highest BCUT2D eigenvalue weighted by molar-refractivity contribution is 5.70. The van der Waals surface area contributed by atoms with Crippen LogP contribution in [-0.2, 0) is 4.79 Å². The Kier molecular flexibility index (Phi) is 3.80. The van der Waals surface area contributed by atoms with Gasteiger partial charge in [0, 0.05) is 5.69 Å². The molecule has 2 rings (SSSR count). The zero-order chi connectivity index (χ0) is 13.8. The van der Waals surface area contributed by atoms with Crippen molar-refractivity contribution < 1.29 is 9.90 Å². The first-order chi connectivity index (χ1) is 9.06. The molecule has 4 nitrogen and oxygen atoms in total. The van der Waals surface area contributed by atoms with Gasteiger partial charge in [-0.2, -0.15) is 5.10 Å². The fourth-order valence-corrected chi connectivity index (χ4v) is 1.95. The number of aliphatic carboxylic acids is 1. The first-order valence-corrected chi connectivity index (χ1v) is 6.08. The lowest BCUT2D eigenvalue weighted by Gasteiger charge is -2.05. The summed E-state index contributed by atoms with van der Waals surface area (Å²) in [4.78, 5) is 10.5. The molecule has 0 bridgehead atoms. The SMILES string of the molecule is Cc1cc(C)n(-c2cccc(C=CCC(=O)O)c2)n1. The minimum atomic E-state index is -0.828. The van der Waals surface area contributed by atoms with Gasteiger partial charge in [-0.1, -0.05) is 24.3 Å². The fourth-order valence-electron chi connectivity index (χ4n) is 1.95. The average molecular weight is 256 g/mol.